The predicted molar refractivity (Wildman–Crippen MR) is 79.8 cm³/mol. The van der Waals surface area contributed by atoms with Crippen LogP contribution in [0.15, 0.2) is 12.1 Å². The number of benzene rings is 1. The Morgan fingerprint density at radius 2 is 2.35 bits per heavy atom. The number of nitrogens with zero attached hydrogens (tertiary/aromatic N) is 2. The zero-order valence-electron chi connectivity index (χ0n) is 11.7. The molecule has 0 bridgehead atoms. The molecule has 2 rings (SSSR count). The Morgan fingerprint density at radius 3 is 2.95 bits per heavy atom. The molecule has 108 valence electrons. The summed E-state index contributed by atoms with van der Waals surface area (Å²) >= 11 is 6.13. The van der Waals surface area contributed by atoms with E-state index in [0.717, 1.165) is 43.9 Å². The van der Waals surface area contributed by atoms with Crippen molar-refractivity contribution in [3.63, 3.8) is 0 Å². The average molecular weight is 294 g/mol. The normalized spacial score (nSPS) is 19.0. The second-order valence-electron chi connectivity index (χ2n) is 5.11. The smallest absolute Gasteiger partial charge is 0.125 e. The molecule has 1 saturated heterocycles. The summed E-state index contributed by atoms with van der Waals surface area (Å²) in [6.07, 6.45) is 1.14. The Bertz CT molecular complexity index is 513. The minimum absolute atomic E-state index is 0.458. The third-order valence-electron chi connectivity index (χ3n) is 3.67. The van der Waals surface area contributed by atoms with E-state index in [1.54, 1.807) is 6.07 Å². The zero-order valence-corrected chi connectivity index (χ0v) is 12.5. The maximum atomic E-state index is 9.04. The van der Waals surface area contributed by atoms with Crippen molar-refractivity contribution in [2.24, 2.45) is 11.7 Å². The summed E-state index contributed by atoms with van der Waals surface area (Å²) in [5, 5.41) is 9.53. The molecule has 20 heavy (non-hydrogen) atoms. The molecule has 0 aliphatic carbocycles. The summed E-state index contributed by atoms with van der Waals surface area (Å²) in [6.45, 7) is 6.10. The first-order valence-electron chi connectivity index (χ1n) is 6.95. The van der Waals surface area contributed by atoms with Gasteiger partial charge in [0.2, 0.25) is 0 Å². The van der Waals surface area contributed by atoms with E-state index < -0.39 is 0 Å². The number of nitrogens with two attached hydrogens (primary N) is 1. The number of ether oxygens (including phenoxy) is 1. The Morgan fingerprint density at radius 1 is 1.55 bits per heavy atom. The summed E-state index contributed by atoms with van der Waals surface area (Å²) < 4.78 is 5.64. The van der Waals surface area contributed by atoms with E-state index in [9.17, 15) is 0 Å². The summed E-state index contributed by atoms with van der Waals surface area (Å²) in [6, 6.07) is 5.67. The number of hydrogen-bond donors (Lipinski definition) is 1. The van der Waals surface area contributed by atoms with Crippen LogP contribution in [0, 0.1) is 17.2 Å². The third-order valence-corrected chi connectivity index (χ3v) is 3.98. The van der Waals surface area contributed by atoms with Crippen molar-refractivity contribution in [1.82, 2.24) is 4.90 Å². The van der Waals surface area contributed by atoms with Gasteiger partial charge in [-0.05, 0) is 44.5 Å². The first kappa shape index (κ1) is 15.1. The molecule has 1 aromatic carbocycles. The highest BCUT2D eigenvalue weighted by atomic mass is 35.5. The van der Waals surface area contributed by atoms with E-state index in [1.807, 2.05) is 13.0 Å². The van der Waals surface area contributed by atoms with Gasteiger partial charge in [-0.2, -0.15) is 5.26 Å². The van der Waals surface area contributed by atoms with Gasteiger partial charge in [0, 0.05) is 18.7 Å². The van der Waals surface area contributed by atoms with Crippen LogP contribution >= 0.6 is 11.6 Å². The summed E-state index contributed by atoms with van der Waals surface area (Å²) in [5.74, 6) is 1.34. The number of likely N-dealkylation sites (tertiary alicyclic amines) is 1. The van der Waals surface area contributed by atoms with Crippen molar-refractivity contribution >= 4 is 11.6 Å². The van der Waals surface area contributed by atoms with Crippen LogP contribution in [0.3, 0.4) is 0 Å². The number of halogens is 1. The van der Waals surface area contributed by atoms with Crippen molar-refractivity contribution in [1.29, 1.82) is 5.26 Å². The SMILES string of the molecule is CCOc1cc(C#N)c(Cl)cc1CN1CC[C@H](CN)C1. The number of hydrogen-bond acceptors (Lipinski definition) is 4. The van der Waals surface area contributed by atoms with E-state index in [4.69, 9.17) is 27.3 Å². The Kier molecular flexibility index (Phi) is 5.24. The van der Waals surface area contributed by atoms with Gasteiger partial charge in [0.15, 0.2) is 0 Å². The predicted octanol–water partition coefficient (Wildman–Crippen LogP) is 2.39. The highest BCUT2D eigenvalue weighted by Crippen LogP contribution is 2.29. The van der Waals surface area contributed by atoms with Crippen LogP contribution in [0.2, 0.25) is 5.02 Å². The Hall–Kier alpha value is -1.28. The molecule has 0 aromatic heterocycles. The lowest BCUT2D eigenvalue weighted by molar-refractivity contribution is 0.297. The second-order valence-corrected chi connectivity index (χ2v) is 5.52. The van der Waals surface area contributed by atoms with Crippen LogP contribution in [0.5, 0.6) is 5.75 Å². The molecule has 2 N–H and O–H groups in total. The van der Waals surface area contributed by atoms with Crippen LogP contribution in [-0.4, -0.2) is 31.1 Å². The maximum absolute atomic E-state index is 9.04. The molecule has 4 nitrogen and oxygen atoms in total. The van der Waals surface area contributed by atoms with Gasteiger partial charge in [-0.1, -0.05) is 11.6 Å². The lowest BCUT2D eigenvalue weighted by Gasteiger charge is -2.19. The van der Waals surface area contributed by atoms with Crippen LogP contribution in [0.1, 0.15) is 24.5 Å². The molecule has 1 heterocycles. The van der Waals surface area contributed by atoms with Crippen molar-refractivity contribution in [3.05, 3.63) is 28.3 Å². The minimum atomic E-state index is 0.458. The van der Waals surface area contributed by atoms with Crippen LogP contribution in [-0.2, 0) is 6.54 Å². The zero-order chi connectivity index (χ0) is 14.5. The fraction of sp³-hybridized carbons (Fsp3) is 0.533. The van der Waals surface area contributed by atoms with Gasteiger partial charge in [-0.3, -0.25) is 4.90 Å². The maximum Gasteiger partial charge on any atom is 0.125 e. The lowest BCUT2D eigenvalue weighted by atomic mass is 10.1. The number of nitriles is 1. The number of rotatable bonds is 5. The van der Waals surface area contributed by atoms with Gasteiger partial charge in [-0.25, -0.2) is 0 Å². The standard InChI is InChI=1S/C15H20ClN3O/c1-2-20-15-6-12(8-18)14(16)5-13(15)10-19-4-3-11(7-17)9-19/h5-6,11H,2-4,7,9-10,17H2,1H3/t11-/m1/s1. The van der Waals surface area contributed by atoms with E-state index >= 15 is 0 Å². The minimum Gasteiger partial charge on any atom is -0.493 e. The first-order valence-corrected chi connectivity index (χ1v) is 7.33. The Labute approximate surface area is 125 Å². The van der Waals surface area contributed by atoms with Crippen LogP contribution in [0.25, 0.3) is 0 Å². The van der Waals surface area contributed by atoms with Gasteiger partial charge in [-0.15, -0.1) is 0 Å². The van der Waals surface area contributed by atoms with Crippen LogP contribution in [0.4, 0.5) is 0 Å². The molecule has 1 fully saturated rings. The highest BCUT2D eigenvalue weighted by Gasteiger charge is 2.22. The van der Waals surface area contributed by atoms with Crippen molar-refractivity contribution in [2.45, 2.75) is 19.9 Å². The van der Waals surface area contributed by atoms with Gasteiger partial charge in [0.1, 0.15) is 11.8 Å². The average Bonchev–Trinajstić information content (AvgIpc) is 2.89. The van der Waals surface area contributed by atoms with Crippen molar-refractivity contribution < 1.29 is 4.74 Å². The molecule has 1 atom stereocenters. The fourth-order valence-electron chi connectivity index (χ4n) is 2.58. The van der Waals surface area contributed by atoms with Crippen LogP contribution < -0.4 is 10.5 Å². The van der Waals surface area contributed by atoms with E-state index in [-0.39, 0.29) is 0 Å². The lowest BCUT2D eigenvalue weighted by Crippen LogP contribution is -2.23. The molecule has 1 aliphatic rings. The molecule has 0 radical (unpaired) electrons. The molecule has 1 aliphatic heterocycles. The molecule has 0 saturated carbocycles. The van der Waals surface area contributed by atoms with Gasteiger partial charge >= 0.3 is 0 Å². The third kappa shape index (κ3) is 3.43. The Balaban J connectivity index is 2.18. The van der Waals surface area contributed by atoms with E-state index in [1.165, 1.54) is 0 Å². The quantitative estimate of drug-likeness (QED) is 0.905. The fourth-order valence-corrected chi connectivity index (χ4v) is 2.81. The molecule has 5 heteroatoms. The first-order chi connectivity index (χ1) is 9.67. The summed E-state index contributed by atoms with van der Waals surface area (Å²) in [7, 11) is 0. The molecule has 0 spiro atoms. The topological polar surface area (TPSA) is 62.3 Å². The van der Waals surface area contributed by atoms with E-state index in [2.05, 4.69) is 11.0 Å². The molecule has 0 amide bonds. The molecule has 1 aromatic rings. The van der Waals surface area contributed by atoms with Crippen molar-refractivity contribution in [3.8, 4) is 11.8 Å². The van der Waals surface area contributed by atoms with Gasteiger partial charge in [0.05, 0.1) is 17.2 Å². The second kappa shape index (κ2) is 6.94. The highest BCUT2D eigenvalue weighted by molar-refractivity contribution is 6.31. The van der Waals surface area contributed by atoms with E-state index in [0.29, 0.717) is 23.1 Å². The molecular formula is C15H20ClN3O. The monoisotopic (exact) mass is 293 g/mol. The largest absolute Gasteiger partial charge is 0.493 e. The molecular weight excluding hydrogens is 274 g/mol. The van der Waals surface area contributed by atoms with Gasteiger partial charge in [0.25, 0.3) is 0 Å². The van der Waals surface area contributed by atoms with Crippen molar-refractivity contribution in [2.75, 3.05) is 26.2 Å². The molecule has 0 unspecified atom stereocenters. The summed E-state index contributed by atoms with van der Waals surface area (Å²) in [4.78, 5) is 2.36. The summed E-state index contributed by atoms with van der Waals surface area (Å²) in [5.41, 5.74) is 7.21. The van der Waals surface area contributed by atoms with Gasteiger partial charge < -0.3 is 10.5 Å².